The van der Waals surface area contributed by atoms with Gasteiger partial charge in [-0.15, -0.1) is 0 Å². The molecular weight excluding hydrogens is 391 g/mol. The number of fused-ring (bicyclic) bond motifs is 1. The summed E-state index contributed by atoms with van der Waals surface area (Å²) in [5, 5.41) is 4.04. The molecule has 5 nitrogen and oxygen atoms in total. The fraction of sp³-hybridized carbons (Fsp3) is 0.0556. The quantitative estimate of drug-likeness (QED) is 0.627. The molecule has 3 aromatic rings. The van der Waals surface area contributed by atoms with E-state index >= 15 is 0 Å². The van der Waals surface area contributed by atoms with E-state index in [1.807, 2.05) is 35.9 Å². The Morgan fingerprint density at radius 2 is 2.00 bits per heavy atom. The predicted molar refractivity (Wildman–Crippen MR) is 108 cm³/mol. The topological polar surface area (TPSA) is 59.3 Å². The highest BCUT2D eigenvalue weighted by Gasteiger charge is 2.24. The number of nitrogens with one attached hydrogen (secondary N) is 1. The number of nitrogens with zero attached hydrogens (tertiary/aromatic N) is 3. The third-order valence-electron chi connectivity index (χ3n) is 3.85. The molecule has 1 aromatic heterocycles. The fourth-order valence-corrected chi connectivity index (χ4v) is 3.87. The van der Waals surface area contributed by atoms with E-state index in [0.29, 0.717) is 25.8 Å². The van der Waals surface area contributed by atoms with Gasteiger partial charge in [0.05, 0.1) is 32.3 Å². The highest BCUT2D eigenvalue weighted by atomic mass is 35.5. The number of hydrogen-bond acceptors (Lipinski definition) is 4. The average molecular weight is 403 g/mol. The second-order valence-electron chi connectivity index (χ2n) is 5.66. The van der Waals surface area contributed by atoms with Crippen molar-refractivity contribution in [3.8, 4) is 0 Å². The van der Waals surface area contributed by atoms with E-state index in [1.54, 1.807) is 24.5 Å². The number of halogens is 2. The minimum absolute atomic E-state index is 0.206. The summed E-state index contributed by atoms with van der Waals surface area (Å²) in [5.74, 6) is -0.206. The van der Waals surface area contributed by atoms with E-state index in [4.69, 9.17) is 23.2 Å². The summed E-state index contributed by atoms with van der Waals surface area (Å²) in [6.07, 6.45) is 3.58. The summed E-state index contributed by atoms with van der Waals surface area (Å²) in [6.45, 7) is 0. The lowest BCUT2D eigenvalue weighted by atomic mass is 10.2. The van der Waals surface area contributed by atoms with Gasteiger partial charge in [0.2, 0.25) is 0 Å². The van der Waals surface area contributed by atoms with E-state index in [1.165, 1.54) is 11.8 Å². The van der Waals surface area contributed by atoms with Crippen molar-refractivity contribution in [1.82, 2.24) is 14.9 Å². The number of aliphatic imine (C=N–C) groups is 1. The first-order chi connectivity index (χ1) is 12.5. The van der Waals surface area contributed by atoms with Crippen LogP contribution < -0.4 is 5.32 Å². The molecule has 2 heterocycles. The Morgan fingerprint density at radius 3 is 2.77 bits per heavy atom. The van der Waals surface area contributed by atoms with Crippen LogP contribution in [0.2, 0.25) is 10.0 Å². The minimum Gasteiger partial charge on any atom is -0.334 e. The van der Waals surface area contributed by atoms with Crippen molar-refractivity contribution >= 4 is 68.8 Å². The Morgan fingerprint density at radius 1 is 1.23 bits per heavy atom. The first-order valence-corrected chi connectivity index (χ1v) is 9.23. The van der Waals surface area contributed by atoms with Crippen LogP contribution in [0.3, 0.4) is 0 Å². The van der Waals surface area contributed by atoms with Gasteiger partial charge in [0.1, 0.15) is 5.69 Å². The Labute approximate surface area is 163 Å². The van der Waals surface area contributed by atoms with Gasteiger partial charge in [-0.1, -0.05) is 35.3 Å². The second kappa shape index (κ2) is 6.79. The van der Waals surface area contributed by atoms with Gasteiger partial charge < -0.3 is 9.88 Å². The number of para-hydroxylation sites is 1. The van der Waals surface area contributed by atoms with E-state index in [2.05, 4.69) is 15.3 Å². The van der Waals surface area contributed by atoms with Crippen LogP contribution in [0.1, 0.15) is 5.56 Å². The summed E-state index contributed by atoms with van der Waals surface area (Å²) in [7, 11) is 1.93. The van der Waals surface area contributed by atoms with E-state index in [9.17, 15) is 4.79 Å². The Bertz CT molecular complexity index is 1080. The van der Waals surface area contributed by atoms with Crippen molar-refractivity contribution in [2.24, 2.45) is 12.0 Å². The number of amidine groups is 1. The number of thioether (sulfide) groups is 1. The molecule has 1 aliphatic rings. The lowest BCUT2D eigenvalue weighted by molar-refractivity contribution is -0.115. The van der Waals surface area contributed by atoms with Crippen LogP contribution in [-0.2, 0) is 11.8 Å². The van der Waals surface area contributed by atoms with Gasteiger partial charge in [-0.05, 0) is 47.7 Å². The maximum atomic E-state index is 12.3. The van der Waals surface area contributed by atoms with E-state index in [-0.39, 0.29) is 5.91 Å². The van der Waals surface area contributed by atoms with Crippen LogP contribution in [-0.4, -0.2) is 20.6 Å². The van der Waals surface area contributed by atoms with Crippen LogP contribution in [0.4, 0.5) is 5.69 Å². The number of amides is 1. The molecule has 0 unspecified atom stereocenters. The van der Waals surface area contributed by atoms with Crippen LogP contribution >= 0.6 is 35.0 Å². The Hall–Kier alpha value is -2.28. The molecule has 1 saturated heterocycles. The highest BCUT2D eigenvalue weighted by Crippen LogP contribution is 2.35. The molecule has 0 aliphatic carbocycles. The molecule has 26 heavy (non-hydrogen) atoms. The average Bonchev–Trinajstić information content (AvgIpc) is 3.14. The zero-order valence-electron chi connectivity index (χ0n) is 13.5. The van der Waals surface area contributed by atoms with Crippen LogP contribution in [0.5, 0.6) is 0 Å². The number of benzene rings is 2. The number of aryl methyl sites for hydroxylation is 1. The number of carbonyl (C=O) groups is 1. The number of aromatic nitrogens is 2. The molecule has 1 amide bonds. The molecule has 4 rings (SSSR count). The van der Waals surface area contributed by atoms with Crippen LogP contribution in [0, 0.1) is 0 Å². The predicted octanol–water partition coefficient (Wildman–Crippen LogP) is 4.77. The summed E-state index contributed by atoms with van der Waals surface area (Å²) >= 11 is 13.5. The number of rotatable bonds is 2. The summed E-state index contributed by atoms with van der Waals surface area (Å²) in [6, 6.07) is 11.0. The molecule has 8 heteroatoms. The van der Waals surface area contributed by atoms with E-state index < -0.39 is 0 Å². The molecule has 2 aromatic carbocycles. The second-order valence-corrected chi connectivity index (χ2v) is 7.50. The molecule has 1 aliphatic heterocycles. The third kappa shape index (κ3) is 3.23. The maximum Gasteiger partial charge on any atom is 0.264 e. The molecule has 1 N–H and O–H groups in total. The van der Waals surface area contributed by atoms with Gasteiger partial charge in [-0.25, -0.2) is 9.98 Å². The van der Waals surface area contributed by atoms with Crippen molar-refractivity contribution in [3.63, 3.8) is 0 Å². The first-order valence-electron chi connectivity index (χ1n) is 7.66. The standard InChI is InChI=1S/C18H12Cl2N4OS/c1-24-9-21-13-6-5-10(7-14(13)24)8-15-17(25)23-18(26-15)22-16-11(19)3-2-4-12(16)20/h2-9H,1H3,(H,22,23,25)/b15-8-. The molecule has 0 atom stereocenters. The van der Waals surface area contributed by atoms with Crippen molar-refractivity contribution < 1.29 is 4.79 Å². The van der Waals surface area contributed by atoms with Gasteiger partial charge in [0, 0.05) is 7.05 Å². The first kappa shape index (κ1) is 17.1. The van der Waals surface area contributed by atoms with Gasteiger partial charge in [0.25, 0.3) is 5.91 Å². The van der Waals surface area contributed by atoms with E-state index in [0.717, 1.165) is 16.6 Å². The maximum absolute atomic E-state index is 12.3. The normalized spacial score (nSPS) is 17.4. The Balaban J connectivity index is 1.66. The Kier molecular flexibility index (Phi) is 4.48. The molecule has 0 saturated carbocycles. The van der Waals surface area contributed by atoms with Crippen molar-refractivity contribution in [2.45, 2.75) is 0 Å². The number of hydrogen-bond donors (Lipinski definition) is 1. The molecule has 0 spiro atoms. The fourth-order valence-electron chi connectivity index (χ4n) is 2.56. The zero-order chi connectivity index (χ0) is 18.3. The van der Waals surface area contributed by atoms with Crippen molar-refractivity contribution in [2.75, 3.05) is 0 Å². The van der Waals surface area contributed by atoms with Gasteiger partial charge >= 0.3 is 0 Å². The summed E-state index contributed by atoms with van der Waals surface area (Å²) in [5.41, 5.74) is 3.26. The highest BCUT2D eigenvalue weighted by molar-refractivity contribution is 8.18. The smallest absolute Gasteiger partial charge is 0.264 e. The molecule has 0 radical (unpaired) electrons. The zero-order valence-corrected chi connectivity index (χ0v) is 15.9. The number of imidazole rings is 1. The SMILES string of the molecule is Cn1cnc2ccc(/C=C3\SC(=Nc4c(Cl)cccc4Cl)NC3=O)cc21. The summed E-state index contributed by atoms with van der Waals surface area (Å²) in [4.78, 5) is 21.5. The lowest BCUT2D eigenvalue weighted by Gasteiger charge is -2.01. The van der Waals surface area contributed by atoms with Crippen molar-refractivity contribution in [1.29, 1.82) is 0 Å². The molecule has 1 fully saturated rings. The molecular formula is C18H12Cl2N4OS. The lowest BCUT2D eigenvalue weighted by Crippen LogP contribution is -2.19. The van der Waals surface area contributed by atoms with Gasteiger partial charge in [-0.3, -0.25) is 4.79 Å². The largest absolute Gasteiger partial charge is 0.334 e. The molecule has 0 bridgehead atoms. The van der Waals surface area contributed by atoms with Crippen LogP contribution in [0.15, 0.2) is 52.6 Å². The molecule has 130 valence electrons. The van der Waals surface area contributed by atoms with Crippen LogP contribution in [0.25, 0.3) is 17.1 Å². The number of carbonyl (C=O) groups excluding carboxylic acids is 1. The van der Waals surface area contributed by atoms with Crippen molar-refractivity contribution in [3.05, 3.63) is 63.2 Å². The van der Waals surface area contributed by atoms with Gasteiger partial charge in [-0.2, -0.15) is 0 Å². The minimum atomic E-state index is -0.206. The third-order valence-corrected chi connectivity index (χ3v) is 5.37. The monoisotopic (exact) mass is 402 g/mol. The van der Waals surface area contributed by atoms with Gasteiger partial charge in [0.15, 0.2) is 5.17 Å². The summed E-state index contributed by atoms with van der Waals surface area (Å²) < 4.78 is 1.94.